The molecule has 25 heavy (non-hydrogen) atoms. The molecule has 0 radical (unpaired) electrons. The smallest absolute Gasteiger partial charge is 0.243 e. The summed E-state index contributed by atoms with van der Waals surface area (Å²) in [5, 5.41) is 16.6. The lowest BCUT2D eigenvalue weighted by molar-refractivity contribution is -0.305. The maximum Gasteiger partial charge on any atom is 0.243 e. The molecule has 0 N–H and O–H groups in total. The summed E-state index contributed by atoms with van der Waals surface area (Å²) in [5.74, 6) is -1.55. The summed E-state index contributed by atoms with van der Waals surface area (Å²) < 4.78 is 0.952. The third kappa shape index (κ3) is 4.14. The molecule has 1 aliphatic heterocycles. The van der Waals surface area contributed by atoms with E-state index in [0.717, 1.165) is 21.3 Å². The van der Waals surface area contributed by atoms with Crippen molar-refractivity contribution in [2.75, 3.05) is 0 Å². The minimum Gasteiger partial charge on any atom is -0.550 e. The van der Waals surface area contributed by atoms with Crippen molar-refractivity contribution in [2.24, 2.45) is 5.10 Å². The Hall–Kier alpha value is -2.47. The number of amides is 1. The van der Waals surface area contributed by atoms with Gasteiger partial charge in [-0.05, 0) is 29.7 Å². The molecule has 1 heterocycles. The van der Waals surface area contributed by atoms with Gasteiger partial charge in [0, 0.05) is 23.3 Å². The first-order valence-corrected chi connectivity index (χ1v) is 8.74. The van der Waals surface area contributed by atoms with E-state index >= 15 is 0 Å². The Morgan fingerprint density at radius 3 is 2.40 bits per heavy atom. The molecule has 1 atom stereocenters. The summed E-state index contributed by atoms with van der Waals surface area (Å²) in [6.07, 6.45) is 0.155. The second-order valence-corrected chi connectivity index (χ2v) is 6.71. The number of benzene rings is 2. The number of nitrogens with zero attached hydrogens (tertiary/aromatic N) is 2. The molecule has 0 aromatic heterocycles. The Labute approximate surface area is 154 Å². The average molecular weight is 400 g/mol. The van der Waals surface area contributed by atoms with Crippen molar-refractivity contribution in [3.05, 3.63) is 70.2 Å². The van der Waals surface area contributed by atoms with E-state index in [1.54, 1.807) is 0 Å². The quantitative estimate of drug-likeness (QED) is 0.775. The van der Waals surface area contributed by atoms with Crippen molar-refractivity contribution < 1.29 is 14.7 Å². The highest BCUT2D eigenvalue weighted by atomic mass is 79.9. The normalized spacial score (nSPS) is 16.6. The van der Waals surface area contributed by atoms with Crippen LogP contribution in [-0.4, -0.2) is 22.6 Å². The lowest BCUT2D eigenvalue weighted by Crippen LogP contribution is -2.29. The molecule has 2 aromatic carbocycles. The van der Waals surface area contributed by atoms with Gasteiger partial charge in [-0.2, -0.15) is 5.10 Å². The zero-order chi connectivity index (χ0) is 17.8. The molecule has 0 saturated carbocycles. The summed E-state index contributed by atoms with van der Waals surface area (Å²) in [7, 11) is 0. The molecular formula is C19H16BrN2O3-. The van der Waals surface area contributed by atoms with Crippen LogP contribution in [0.2, 0.25) is 0 Å². The highest BCUT2D eigenvalue weighted by Gasteiger charge is 2.32. The zero-order valence-corrected chi connectivity index (χ0v) is 15.0. The van der Waals surface area contributed by atoms with E-state index in [9.17, 15) is 14.7 Å². The monoisotopic (exact) mass is 399 g/mol. The molecule has 0 spiro atoms. The van der Waals surface area contributed by atoms with E-state index in [1.807, 2.05) is 54.6 Å². The summed E-state index contributed by atoms with van der Waals surface area (Å²) in [6, 6.07) is 17.2. The average Bonchev–Trinajstić information content (AvgIpc) is 3.06. The number of carbonyl (C=O) groups excluding carboxylic acids is 2. The number of carboxylic acid groups (broad SMARTS) is 1. The van der Waals surface area contributed by atoms with Crippen LogP contribution in [0.15, 0.2) is 64.2 Å². The number of carboxylic acids is 1. The van der Waals surface area contributed by atoms with Crippen LogP contribution in [0, 0.1) is 0 Å². The van der Waals surface area contributed by atoms with Crippen molar-refractivity contribution in [1.29, 1.82) is 0 Å². The maximum atomic E-state index is 12.5. The fraction of sp³-hybridized carbons (Fsp3) is 0.211. The third-order valence-electron chi connectivity index (χ3n) is 4.07. The number of hydrazone groups is 1. The summed E-state index contributed by atoms with van der Waals surface area (Å²) >= 11 is 3.41. The lowest BCUT2D eigenvalue weighted by atomic mass is 9.98. The Bertz CT molecular complexity index is 803. The van der Waals surface area contributed by atoms with Crippen molar-refractivity contribution in [2.45, 2.75) is 25.3 Å². The fourth-order valence-electron chi connectivity index (χ4n) is 2.81. The van der Waals surface area contributed by atoms with Gasteiger partial charge < -0.3 is 9.90 Å². The first-order valence-electron chi connectivity index (χ1n) is 7.95. The van der Waals surface area contributed by atoms with Gasteiger partial charge in [0.05, 0.1) is 11.8 Å². The molecule has 1 amide bonds. The molecule has 0 saturated heterocycles. The third-order valence-corrected chi connectivity index (χ3v) is 4.60. The van der Waals surface area contributed by atoms with Gasteiger partial charge in [-0.1, -0.05) is 58.4 Å². The molecule has 0 unspecified atom stereocenters. The molecule has 1 aliphatic rings. The number of halogens is 1. The Kier molecular flexibility index (Phi) is 5.28. The highest BCUT2D eigenvalue weighted by Crippen LogP contribution is 2.33. The van der Waals surface area contributed by atoms with Crippen LogP contribution in [0.4, 0.5) is 0 Å². The number of carbonyl (C=O) groups is 2. The van der Waals surface area contributed by atoms with Gasteiger partial charge in [0.25, 0.3) is 0 Å². The van der Waals surface area contributed by atoms with E-state index in [2.05, 4.69) is 21.0 Å². The van der Waals surface area contributed by atoms with Crippen molar-refractivity contribution in [1.82, 2.24) is 5.01 Å². The molecule has 6 heteroatoms. The van der Waals surface area contributed by atoms with E-state index in [0.29, 0.717) is 6.42 Å². The van der Waals surface area contributed by atoms with E-state index in [4.69, 9.17) is 0 Å². The fourth-order valence-corrected chi connectivity index (χ4v) is 3.08. The topological polar surface area (TPSA) is 72.8 Å². The molecule has 0 fully saturated rings. The zero-order valence-electron chi connectivity index (χ0n) is 13.4. The second-order valence-electron chi connectivity index (χ2n) is 5.79. The summed E-state index contributed by atoms with van der Waals surface area (Å²) in [6.45, 7) is 0. The highest BCUT2D eigenvalue weighted by molar-refractivity contribution is 9.10. The first kappa shape index (κ1) is 17.4. The SMILES string of the molecule is O=C([O-])CCC(=O)N1N=C(c2ccccc2)C[C@H]1c1ccc(Br)cc1. The van der Waals surface area contributed by atoms with Crippen molar-refractivity contribution in [3.8, 4) is 0 Å². The first-order chi connectivity index (χ1) is 12.0. The Morgan fingerprint density at radius 1 is 1.08 bits per heavy atom. The van der Waals surface area contributed by atoms with E-state index in [-0.39, 0.29) is 24.8 Å². The minimum absolute atomic E-state index is 0.124. The van der Waals surface area contributed by atoms with Gasteiger partial charge in [-0.15, -0.1) is 0 Å². The molecule has 3 rings (SSSR count). The molecular weight excluding hydrogens is 384 g/mol. The van der Waals surface area contributed by atoms with Crippen molar-refractivity contribution in [3.63, 3.8) is 0 Å². The predicted molar refractivity (Wildman–Crippen MR) is 95.6 cm³/mol. The number of rotatable bonds is 5. The Balaban J connectivity index is 1.89. The van der Waals surface area contributed by atoms with Gasteiger partial charge in [0.15, 0.2) is 0 Å². The summed E-state index contributed by atoms with van der Waals surface area (Å²) in [5.41, 5.74) is 2.73. The van der Waals surface area contributed by atoms with Crippen LogP contribution in [0.25, 0.3) is 0 Å². The van der Waals surface area contributed by atoms with Gasteiger partial charge in [0.2, 0.25) is 5.91 Å². The van der Waals surface area contributed by atoms with Gasteiger partial charge in [0.1, 0.15) is 0 Å². The van der Waals surface area contributed by atoms with E-state index < -0.39 is 5.97 Å². The largest absolute Gasteiger partial charge is 0.550 e. The van der Waals surface area contributed by atoms with Crippen LogP contribution in [0.5, 0.6) is 0 Å². The number of hydrogen-bond donors (Lipinski definition) is 0. The molecule has 5 nitrogen and oxygen atoms in total. The molecule has 128 valence electrons. The minimum atomic E-state index is -1.24. The lowest BCUT2D eigenvalue weighted by Gasteiger charge is -2.22. The Morgan fingerprint density at radius 2 is 1.76 bits per heavy atom. The van der Waals surface area contributed by atoms with Crippen LogP contribution in [0.1, 0.15) is 36.4 Å². The standard InChI is InChI=1S/C19H17BrN2O3/c20-15-8-6-14(7-9-15)17-12-16(13-4-2-1-3-5-13)21-22(17)18(23)10-11-19(24)25/h1-9,17H,10-12H2,(H,24,25)/p-1/t17-/m0/s1. The number of hydrogen-bond acceptors (Lipinski definition) is 4. The van der Waals surface area contributed by atoms with Crippen LogP contribution >= 0.6 is 15.9 Å². The van der Waals surface area contributed by atoms with Crippen LogP contribution < -0.4 is 5.11 Å². The van der Waals surface area contributed by atoms with Gasteiger partial charge in [-0.25, -0.2) is 5.01 Å². The van der Waals surface area contributed by atoms with Gasteiger partial charge in [-0.3, -0.25) is 4.79 Å². The van der Waals surface area contributed by atoms with Gasteiger partial charge >= 0.3 is 0 Å². The van der Waals surface area contributed by atoms with Crippen molar-refractivity contribution >= 4 is 33.5 Å². The predicted octanol–water partition coefficient (Wildman–Crippen LogP) is 2.66. The molecule has 0 aliphatic carbocycles. The molecule has 2 aromatic rings. The number of aliphatic carboxylic acids is 1. The molecule has 0 bridgehead atoms. The van der Waals surface area contributed by atoms with E-state index in [1.165, 1.54) is 5.01 Å². The van der Waals surface area contributed by atoms with Crippen LogP contribution in [-0.2, 0) is 9.59 Å². The van der Waals surface area contributed by atoms with Crippen LogP contribution in [0.3, 0.4) is 0 Å². The maximum absolute atomic E-state index is 12.5. The summed E-state index contributed by atoms with van der Waals surface area (Å²) in [4.78, 5) is 23.2. The second kappa shape index (κ2) is 7.61.